The molecule has 0 amide bonds. The zero-order valence-electron chi connectivity index (χ0n) is 9.19. The Morgan fingerprint density at radius 2 is 2.12 bits per heavy atom. The van der Waals surface area contributed by atoms with Crippen LogP contribution >= 0.6 is 11.6 Å². The minimum atomic E-state index is -0.488. The van der Waals surface area contributed by atoms with Gasteiger partial charge in [-0.2, -0.15) is 0 Å². The molecule has 4 nitrogen and oxygen atoms in total. The first-order chi connectivity index (χ1) is 8.09. The number of hydrogen-bond donors (Lipinski definition) is 0. The summed E-state index contributed by atoms with van der Waals surface area (Å²) in [6, 6.07) is 4.33. The number of halogens is 1. The minimum Gasteiger partial charge on any atom is -0.299 e. The fourth-order valence-corrected chi connectivity index (χ4v) is 2.53. The van der Waals surface area contributed by atoms with Crippen LogP contribution in [0, 0.1) is 10.1 Å². The van der Waals surface area contributed by atoms with E-state index in [1.54, 1.807) is 6.07 Å². The van der Waals surface area contributed by atoms with Gasteiger partial charge in [-0.05, 0) is 24.5 Å². The standard InChI is InChI=1S/C12H12ClNO3/c13-11-7-8(14(16)17)5-6-9(11)10-3-1-2-4-12(10)15/h5-7,10H,1-4H2. The van der Waals surface area contributed by atoms with E-state index in [-0.39, 0.29) is 17.4 Å². The Hall–Kier alpha value is -1.42. The predicted octanol–water partition coefficient (Wildman–Crippen LogP) is 3.47. The van der Waals surface area contributed by atoms with Gasteiger partial charge < -0.3 is 0 Å². The summed E-state index contributed by atoms with van der Waals surface area (Å²) in [6.45, 7) is 0. The van der Waals surface area contributed by atoms with E-state index in [4.69, 9.17) is 11.6 Å². The van der Waals surface area contributed by atoms with Gasteiger partial charge in [0.15, 0.2) is 0 Å². The average Bonchev–Trinajstić information content (AvgIpc) is 2.30. The molecule has 0 bridgehead atoms. The number of hydrogen-bond acceptors (Lipinski definition) is 3. The summed E-state index contributed by atoms with van der Waals surface area (Å²) < 4.78 is 0. The maximum Gasteiger partial charge on any atom is 0.270 e. The Kier molecular flexibility index (Phi) is 3.43. The molecular weight excluding hydrogens is 242 g/mol. The topological polar surface area (TPSA) is 60.2 Å². The summed E-state index contributed by atoms with van der Waals surface area (Å²) in [5, 5.41) is 10.9. The molecule has 1 aromatic rings. The lowest BCUT2D eigenvalue weighted by Gasteiger charge is -2.21. The molecule has 1 saturated carbocycles. The van der Waals surface area contributed by atoms with Crippen LogP contribution in [0.2, 0.25) is 5.02 Å². The van der Waals surface area contributed by atoms with E-state index < -0.39 is 4.92 Å². The van der Waals surface area contributed by atoms with Gasteiger partial charge in [-0.3, -0.25) is 14.9 Å². The molecule has 2 rings (SSSR count). The van der Waals surface area contributed by atoms with Crippen molar-refractivity contribution in [3.8, 4) is 0 Å². The number of benzene rings is 1. The fourth-order valence-electron chi connectivity index (χ4n) is 2.22. The smallest absolute Gasteiger partial charge is 0.270 e. The molecule has 0 aliphatic heterocycles. The third-order valence-corrected chi connectivity index (χ3v) is 3.45. The van der Waals surface area contributed by atoms with Crippen LogP contribution in [0.4, 0.5) is 5.69 Å². The van der Waals surface area contributed by atoms with Crippen molar-refractivity contribution >= 4 is 23.1 Å². The highest BCUT2D eigenvalue weighted by Crippen LogP contribution is 2.35. The molecule has 0 saturated heterocycles. The van der Waals surface area contributed by atoms with Crippen LogP contribution in [0.5, 0.6) is 0 Å². The molecule has 1 atom stereocenters. The van der Waals surface area contributed by atoms with E-state index >= 15 is 0 Å². The van der Waals surface area contributed by atoms with Crippen molar-refractivity contribution < 1.29 is 9.72 Å². The molecule has 0 spiro atoms. The van der Waals surface area contributed by atoms with Crippen LogP contribution in [0.15, 0.2) is 18.2 Å². The maximum absolute atomic E-state index is 11.8. The number of carbonyl (C=O) groups is 1. The Bertz CT molecular complexity index is 473. The zero-order chi connectivity index (χ0) is 12.4. The van der Waals surface area contributed by atoms with Gasteiger partial charge >= 0.3 is 0 Å². The summed E-state index contributed by atoms with van der Waals surface area (Å²) in [6.07, 6.45) is 3.30. The Balaban J connectivity index is 2.32. The Morgan fingerprint density at radius 3 is 2.71 bits per heavy atom. The van der Waals surface area contributed by atoms with Gasteiger partial charge in [0.1, 0.15) is 5.78 Å². The first-order valence-corrected chi connectivity index (χ1v) is 5.94. The number of non-ortho nitro benzene ring substituents is 1. The average molecular weight is 254 g/mol. The van der Waals surface area contributed by atoms with Gasteiger partial charge in [0.25, 0.3) is 5.69 Å². The van der Waals surface area contributed by atoms with E-state index in [0.717, 1.165) is 24.8 Å². The van der Waals surface area contributed by atoms with Crippen molar-refractivity contribution in [2.45, 2.75) is 31.6 Å². The van der Waals surface area contributed by atoms with E-state index in [1.165, 1.54) is 12.1 Å². The van der Waals surface area contributed by atoms with Crippen molar-refractivity contribution in [2.24, 2.45) is 0 Å². The van der Waals surface area contributed by atoms with Crippen molar-refractivity contribution in [1.29, 1.82) is 0 Å². The number of nitro benzene ring substituents is 1. The maximum atomic E-state index is 11.8. The second-order valence-corrected chi connectivity index (χ2v) is 4.63. The molecular formula is C12H12ClNO3. The lowest BCUT2D eigenvalue weighted by atomic mass is 9.83. The highest BCUT2D eigenvalue weighted by atomic mass is 35.5. The molecule has 17 heavy (non-hydrogen) atoms. The molecule has 0 heterocycles. The van der Waals surface area contributed by atoms with Crippen molar-refractivity contribution in [3.05, 3.63) is 38.9 Å². The number of Topliss-reactive ketones (excluding diaryl/α,β-unsaturated/α-hetero) is 1. The molecule has 0 radical (unpaired) electrons. The number of nitro groups is 1. The van der Waals surface area contributed by atoms with Gasteiger partial charge in [0.05, 0.1) is 9.95 Å². The van der Waals surface area contributed by atoms with Crippen LogP contribution in [0.3, 0.4) is 0 Å². The predicted molar refractivity (Wildman–Crippen MR) is 64.3 cm³/mol. The normalized spacial score (nSPS) is 20.3. The van der Waals surface area contributed by atoms with Crippen LogP contribution < -0.4 is 0 Å². The Labute approximate surface area is 104 Å². The number of ketones is 1. The summed E-state index contributed by atoms with van der Waals surface area (Å²) in [4.78, 5) is 21.9. The fraction of sp³-hybridized carbons (Fsp3) is 0.417. The lowest BCUT2D eigenvalue weighted by molar-refractivity contribution is -0.384. The van der Waals surface area contributed by atoms with Gasteiger partial charge in [0, 0.05) is 24.5 Å². The van der Waals surface area contributed by atoms with Crippen LogP contribution in [-0.2, 0) is 4.79 Å². The largest absolute Gasteiger partial charge is 0.299 e. The van der Waals surface area contributed by atoms with E-state index in [9.17, 15) is 14.9 Å². The molecule has 0 N–H and O–H groups in total. The quantitative estimate of drug-likeness (QED) is 0.599. The van der Waals surface area contributed by atoms with Gasteiger partial charge in [-0.15, -0.1) is 0 Å². The van der Waals surface area contributed by atoms with Crippen LogP contribution in [-0.4, -0.2) is 10.7 Å². The number of carbonyl (C=O) groups excluding carboxylic acids is 1. The molecule has 90 valence electrons. The molecule has 1 aliphatic rings. The molecule has 0 aromatic heterocycles. The van der Waals surface area contributed by atoms with E-state index in [0.29, 0.717) is 11.4 Å². The van der Waals surface area contributed by atoms with E-state index in [2.05, 4.69) is 0 Å². The third-order valence-electron chi connectivity index (χ3n) is 3.12. The molecule has 1 unspecified atom stereocenters. The third kappa shape index (κ3) is 2.47. The number of nitrogens with zero attached hydrogens (tertiary/aromatic N) is 1. The summed E-state index contributed by atoms with van der Waals surface area (Å²) in [5.41, 5.74) is 0.684. The first kappa shape index (κ1) is 12.0. The zero-order valence-corrected chi connectivity index (χ0v) is 9.94. The molecule has 1 aromatic carbocycles. The highest BCUT2D eigenvalue weighted by Gasteiger charge is 2.26. The number of rotatable bonds is 2. The summed E-state index contributed by atoms with van der Waals surface area (Å²) >= 11 is 6.02. The molecule has 1 fully saturated rings. The van der Waals surface area contributed by atoms with Crippen LogP contribution in [0.1, 0.15) is 37.2 Å². The summed E-state index contributed by atoms with van der Waals surface area (Å²) in [7, 11) is 0. The van der Waals surface area contributed by atoms with Crippen molar-refractivity contribution in [1.82, 2.24) is 0 Å². The van der Waals surface area contributed by atoms with Crippen molar-refractivity contribution in [3.63, 3.8) is 0 Å². The first-order valence-electron chi connectivity index (χ1n) is 5.56. The van der Waals surface area contributed by atoms with Gasteiger partial charge in [0.2, 0.25) is 0 Å². The second kappa shape index (κ2) is 4.84. The highest BCUT2D eigenvalue weighted by molar-refractivity contribution is 6.31. The van der Waals surface area contributed by atoms with Gasteiger partial charge in [-0.1, -0.05) is 18.0 Å². The summed E-state index contributed by atoms with van der Waals surface area (Å²) in [5.74, 6) is 0.00376. The van der Waals surface area contributed by atoms with Gasteiger partial charge in [-0.25, -0.2) is 0 Å². The monoisotopic (exact) mass is 253 g/mol. The van der Waals surface area contributed by atoms with E-state index in [1.807, 2.05) is 0 Å². The SMILES string of the molecule is O=C1CCCCC1c1ccc([N+](=O)[O-])cc1Cl. The molecule has 1 aliphatic carbocycles. The van der Waals surface area contributed by atoms with Crippen molar-refractivity contribution in [2.75, 3.05) is 0 Å². The minimum absolute atomic E-state index is 0.0398. The Morgan fingerprint density at radius 1 is 1.35 bits per heavy atom. The lowest BCUT2D eigenvalue weighted by Crippen LogP contribution is -2.17. The van der Waals surface area contributed by atoms with Crippen LogP contribution in [0.25, 0.3) is 0 Å². The molecule has 5 heteroatoms. The second-order valence-electron chi connectivity index (χ2n) is 4.23.